The molecule has 0 unspecified atom stereocenters. The van der Waals surface area contributed by atoms with Gasteiger partial charge in [0.2, 0.25) is 0 Å². The molecule has 0 saturated carbocycles. The summed E-state index contributed by atoms with van der Waals surface area (Å²) in [5.41, 5.74) is 3.15. The van der Waals surface area contributed by atoms with E-state index in [4.69, 9.17) is 18.8 Å². The zero-order valence-corrected chi connectivity index (χ0v) is 17.3. The van der Waals surface area contributed by atoms with Gasteiger partial charge in [-0.1, -0.05) is 12.1 Å². The fraction of sp³-hybridized carbons (Fsp3) is 0.550. The molecule has 0 atom stereocenters. The van der Waals surface area contributed by atoms with Gasteiger partial charge in [-0.15, -0.1) is 0 Å². The minimum absolute atomic E-state index is 0.388. The third-order valence-corrected chi connectivity index (χ3v) is 5.55. The second kappa shape index (κ2) is 7.30. The molecule has 1 aromatic carbocycles. The summed E-state index contributed by atoms with van der Waals surface area (Å²) in [7, 11) is 3.14. The van der Waals surface area contributed by atoms with Crippen molar-refractivity contribution in [2.75, 3.05) is 7.11 Å². The minimum Gasteiger partial charge on any atom is -0.497 e. The summed E-state index contributed by atoms with van der Waals surface area (Å²) in [6.45, 7) is 11.1. The van der Waals surface area contributed by atoms with E-state index in [1.54, 1.807) is 7.11 Å². The van der Waals surface area contributed by atoms with E-state index in [0.717, 1.165) is 28.2 Å². The summed E-state index contributed by atoms with van der Waals surface area (Å²) in [5.74, 6) is 0.837. The van der Waals surface area contributed by atoms with Gasteiger partial charge in [0, 0.05) is 12.5 Å². The van der Waals surface area contributed by atoms with Crippen LogP contribution in [-0.2, 0) is 34.3 Å². The second-order valence-electron chi connectivity index (χ2n) is 8.00. The molecule has 0 aliphatic carbocycles. The van der Waals surface area contributed by atoms with E-state index in [2.05, 4.69) is 32.8 Å². The van der Waals surface area contributed by atoms with Gasteiger partial charge in [-0.3, -0.25) is 4.68 Å². The van der Waals surface area contributed by atoms with Crippen LogP contribution in [0.25, 0.3) is 0 Å². The molecule has 2 heterocycles. The van der Waals surface area contributed by atoms with Crippen LogP contribution in [0.2, 0.25) is 0 Å². The highest BCUT2D eigenvalue weighted by Gasteiger charge is 2.53. The molecule has 1 aromatic heterocycles. The summed E-state index contributed by atoms with van der Waals surface area (Å²) in [6.07, 6.45) is 0. The Morgan fingerprint density at radius 2 is 1.63 bits per heavy atom. The smallest absolute Gasteiger partial charge is 0.497 e. The van der Waals surface area contributed by atoms with Crippen molar-refractivity contribution >= 4 is 12.6 Å². The van der Waals surface area contributed by atoms with Gasteiger partial charge in [0.25, 0.3) is 0 Å². The fourth-order valence-corrected chi connectivity index (χ4v) is 3.15. The summed E-state index contributed by atoms with van der Waals surface area (Å²) in [5, 5.41) is 4.56. The average Bonchev–Trinajstić information content (AvgIpc) is 2.99. The first kappa shape index (κ1) is 19.9. The van der Waals surface area contributed by atoms with Gasteiger partial charge in [0.1, 0.15) is 5.75 Å². The lowest BCUT2D eigenvalue weighted by Gasteiger charge is -2.32. The van der Waals surface area contributed by atoms with Crippen LogP contribution < -0.4 is 10.2 Å². The van der Waals surface area contributed by atoms with E-state index in [9.17, 15) is 0 Å². The lowest BCUT2D eigenvalue weighted by Crippen LogP contribution is -2.41. The van der Waals surface area contributed by atoms with E-state index in [-0.39, 0.29) is 11.2 Å². The zero-order chi connectivity index (χ0) is 19.8. The molecule has 1 fully saturated rings. The first-order chi connectivity index (χ1) is 12.6. The Hall–Kier alpha value is -1.83. The SMILES string of the molecule is COc1ccc(COCc2c(B3OC(C)(C)C(C)(C)O3)c(C)nn2C)cc1. The molecule has 1 aliphatic rings. The molecule has 0 bridgehead atoms. The third-order valence-electron chi connectivity index (χ3n) is 5.55. The molecular weight excluding hydrogens is 343 g/mol. The largest absolute Gasteiger partial charge is 0.498 e. The maximum absolute atomic E-state index is 6.23. The number of benzene rings is 1. The van der Waals surface area contributed by atoms with Crippen LogP contribution in [0.1, 0.15) is 44.6 Å². The van der Waals surface area contributed by atoms with E-state index in [0.29, 0.717) is 13.2 Å². The average molecular weight is 372 g/mol. The number of methoxy groups -OCH3 is 1. The predicted octanol–water partition coefficient (Wildman–Crippen LogP) is 2.75. The number of rotatable bonds is 6. The van der Waals surface area contributed by atoms with Crippen LogP contribution in [0.5, 0.6) is 5.75 Å². The van der Waals surface area contributed by atoms with Crippen molar-refractivity contribution < 1.29 is 18.8 Å². The van der Waals surface area contributed by atoms with E-state index in [1.165, 1.54) is 0 Å². The normalized spacial score (nSPS) is 18.1. The maximum Gasteiger partial charge on any atom is 0.498 e. The van der Waals surface area contributed by atoms with Crippen molar-refractivity contribution in [3.8, 4) is 5.75 Å². The Morgan fingerprint density at radius 3 is 2.19 bits per heavy atom. The fourth-order valence-electron chi connectivity index (χ4n) is 3.15. The van der Waals surface area contributed by atoms with Crippen LogP contribution in [-0.4, -0.2) is 35.2 Å². The first-order valence-corrected chi connectivity index (χ1v) is 9.23. The van der Waals surface area contributed by atoms with Crippen molar-refractivity contribution in [3.05, 3.63) is 41.2 Å². The summed E-state index contributed by atoms with van der Waals surface area (Å²) < 4.78 is 25.5. The monoisotopic (exact) mass is 372 g/mol. The number of ether oxygens (including phenoxy) is 2. The molecule has 6 nitrogen and oxygen atoms in total. The van der Waals surface area contributed by atoms with Gasteiger partial charge < -0.3 is 18.8 Å². The van der Waals surface area contributed by atoms with E-state index in [1.807, 2.05) is 42.9 Å². The molecule has 27 heavy (non-hydrogen) atoms. The highest BCUT2D eigenvalue weighted by atomic mass is 16.7. The Balaban J connectivity index is 1.73. The highest BCUT2D eigenvalue weighted by molar-refractivity contribution is 6.63. The molecule has 0 N–H and O–H groups in total. The Labute approximate surface area is 161 Å². The van der Waals surface area contributed by atoms with Crippen LogP contribution in [0, 0.1) is 6.92 Å². The number of hydrogen-bond donors (Lipinski definition) is 0. The van der Waals surface area contributed by atoms with Crippen LogP contribution >= 0.6 is 0 Å². The van der Waals surface area contributed by atoms with Gasteiger partial charge in [0.15, 0.2) is 0 Å². The van der Waals surface area contributed by atoms with Gasteiger partial charge in [0.05, 0.1) is 42.9 Å². The quantitative estimate of drug-likeness (QED) is 0.730. The summed E-state index contributed by atoms with van der Waals surface area (Å²) in [6, 6.07) is 7.87. The van der Waals surface area contributed by atoms with Crippen molar-refractivity contribution in [2.24, 2.45) is 7.05 Å². The maximum atomic E-state index is 6.23. The molecule has 3 rings (SSSR count). The van der Waals surface area contributed by atoms with Crippen molar-refractivity contribution in [2.45, 2.75) is 59.0 Å². The minimum atomic E-state index is -0.441. The molecular formula is C20H29BN2O4. The molecule has 1 aliphatic heterocycles. The third kappa shape index (κ3) is 3.90. The Kier molecular flexibility index (Phi) is 5.39. The number of aryl methyl sites for hydroxylation is 2. The molecule has 0 amide bonds. The van der Waals surface area contributed by atoms with Crippen molar-refractivity contribution in [3.63, 3.8) is 0 Å². The van der Waals surface area contributed by atoms with Gasteiger partial charge >= 0.3 is 7.12 Å². The van der Waals surface area contributed by atoms with Crippen LogP contribution in [0.15, 0.2) is 24.3 Å². The summed E-state index contributed by atoms with van der Waals surface area (Å²) in [4.78, 5) is 0. The lowest BCUT2D eigenvalue weighted by atomic mass is 9.77. The highest BCUT2D eigenvalue weighted by Crippen LogP contribution is 2.37. The topological polar surface area (TPSA) is 54.7 Å². The molecule has 0 spiro atoms. The van der Waals surface area contributed by atoms with Gasteiger partial charge in [-0.25, -0.2) is 0 Å². The Bertz CT molecular complexity index is 783. The molecule has 7 heteroatoms. The molecule has 1 saturated heterocycles. The van der Waals surface area contributed by atoms with Crippen LogP contribution in [0.4, 0.5) is 0 Å². The Morgan fingerprint density at radius 1 is 1.04 bits per heavy atom. The second-order valence-corrected chi connectivity index (χ2v) is 8.00. The van der Waals surface area contributed by atoms with Crippen LogP contribution in [0.3, 0.4) is 0 Å². The van der Waals surface area contributed by atoms with Crippen molar-refractivity contribution in [1.82, 2.24) is 9.78 Å². The van der Waals surface area contributed by atoms with Crippen molar-refractivity contribution in [1.29, 1.82) is 0 Å². The standard InChI is InChI=1S/C20H29BN2O4/c1-14-18(21-26-19(2,3)20(4,5)27-21)17(23(6)22-14)13-25-12-15-8-10-16(24-7)11-9-15/h8-11H,12-13H2,1-7H3. The molecule has 2 aromatic rings. The van der Waals surface area contributed by atoms with E-state index >= 15 is 0 Å². The number of aromatic nitrogens is 2. The first-order valence-electron chi connectivity index (χ1n) is 9.23. The molecule has 146 valence electrons. The zero-order valence-electron chi connectivity index (χ0n) is 17.3. The summed E-state index contributed by atoms with van der Waals surface area (Å²) >= 11 is 0. The number of nitrogens with zero attached hydrogens (tertiary/aromatic N) is 2. The van der Waals surface area contributed by atoms with Gasteiger partial charge in [-0.2, -0.15) is 5.10 Å². The number of hydrogen-bond acceptors (Lipinski definition) is 5. The van der Waals surface area contributed by atoms with E-state index < -0.39 is 7.12 Å². The van der Waals surface area contributed by atoms with Gasteiger partial charge in [-0.05, 0) is 52.3 Å². The molecule has 0 radical (unpaired) electrons. The lowest BCUT2D eigenvalue weighted by molar-refractivity contribution is 0.00578. The predicted molar refractivity (Wildman–Crippen MR) is 105 cm³/mol.